The molecule has 5 rings (SSSR count). The zero-order valence-electron chi connectivity index (χ0n) is 17.0. The summed E-state index contributed by atoms with van der Waals surface area (Å²) in [5.74, 6) is 0.0915. The highest BCUT2D eigenvalue weighted by molar-refractivity contribution is 7.13. The Kier molecular flexibility index (Phi) is 4.22. The van der Waals surface area contributed by atoms with Crippen molar-refractivity contribution >= 4 is 50.1 Å². The predicted octanol–water partition coefficient (Wildman–Crippen LogP) is 3.42. The van der Waals surface area contributed by atoms with Crippen LogP contribution in [0.1, 0.15) is 31.3 Å². The molecule has 0 saturated carbocycles. The summed E-state index contributed by atoms with van der Waals surface area (Å²) in [6.07, 6.45) is 1.45. The molecular formula is C20H19N9OS. The van der Waals surface area contributed by atoms with Gasteiger partial charge in [-0.25, -0.2) is 14.6 Å². The molecule has 0 saturated heterocycles. The van der Waals surface area contributed by atoms with Crippen molar-refractivity contribution in [3.05, 3.63) is 41.8 Å². The van der Waals surface area contributed by atoms with Gasteiger partial charge in [0.25, 0.3) is 5.91 Å². The Morgan fingerprint density at radius 3 is 2.81 bits per heavy atom. The number of nitrogen functional groups attached to an aromatic ring is 1. The molecule has 11 heteroatoms. The number of carbonyl (C=O) groups excluding carboxylic acids is 1. The van der Waals surface area contributed by atoms with Gasteiger partial charge in [-0.2, -0.15) is 5.10 Å². The molecule has 31 heavy (non-hydrogen) atoms. The first-order valence-electron chi connectivity index (χ1n) is 9.51. The zero-order valence-corrected chi connectivity index (χ0v) is 17.9. The van der Waals surface area contributed by atoms with Crippen molar-refractivity contribution in [2.45, 2.75) is 26.3 Å². The third-order valence-electron chi connectivity index (χ3n) is 4.85. The summed E-state index contributed by atoms with van der Waals surface area (Å²) in [5, 5.41) is 17.1. The molecule has 1 aromatic carbocycles. The van der Waals surface area contributed by atoms with E-state index in [0.717, 1.165) is 16.5 Å². The predicted molar refractivity (Wildman–Crippen MR) is 120 cm³/mol. The van der Waals surface area contributed by atoms with Gasteiger partial charge in [0.05, 0.1) is 10.9 Å². The summed E-state index contributed by atoms with van der Waals surface area (Å²) < 4.78 is 1.86. The Morgan fingerprint density at radius 2 is 2.06 bits per heavy atom. The maximum atomic E-state index is 12.5. The van der Waals surface area contributed by atoms with Crippen LogP contribution in [-0.4, -0.2) is 40.8 Å². The molecule has 0 aliphatic carbocycles. The topological polar surface area (TPSA) is 140 Å². The van der Waals surface area contributed by atoms with E-state index in [-0.39, 0.29) is 11.4 Å². The van der Waals surface area contributed by atoms with Crippen molar-refractivity contribution in [2.75, 3.05) is 11.1 Å². The van der Waals surface area contributed by atoms with Crippen LogP contribution in [0.25, 0.3) is 33.2 Å². The Morgan fingerprint density at radius 1 is 1.23 bits per heavy atom. The number of hydrogen-bond donors (Lipinski definition) is 3. The van der Waals surface area contributed by atoms with Gasteiger partial charge in [0.2, 0.25) is 5.13 Å². The number of benzene rings is 1. The molecule has 0 fully saturated rings. The van der Waals surface area contributed by atoms with Crippen LogP contribution in [0.5, 0.6) is 0 Å². The summed E-state index contributed by atoms with van der Waals surface area (Å²) in [6.45, 7) is 6.16. The van der Waals surface area contributed by atoms with Crippen molar-refractivity contribution in [1.82, 2.24) is 34.9 Å². The van der Waals surface area contributed by atoms with Gasteiger partial charge in [0.1, 0.15) is 29.0 Å². The summed E-state index contributed by atoms with van der Waals surface area (Å²) in [5.41, 5.74) is 10.9. The van der Waals surface area contributed by atoms with Crippen LogP contribution in [0.15, 0.2) is 36.1 Å². The van der Waals surface area contributed by atoms with Crippen LogP contribution >= 0.6 is 11.3 Å². The van der Waals surface area contributed by atoms with E-state index in [4.69, 9.17) is 10.8 Å². The van der Waals surface area contributed by atoms with Crippen LogP contribution in [-0.2, 0) is 5.54 Å². The van der Waals surface area contributed by atoms with Crippen LogP contribution in [0, 0.1) is 0 Å². The van der Waals surface area contributed by atoms with Gasteiger partial charge in [-0.3, -0.25) is 10.1 Å². The number of aromatic nitrogens is 7. The molecule has 4 aromatic heterocycles. The number of rotatable bonds is 3. The normalized spacial score (nSPS) is 12.0. The number of H-pyrrole nitrogens is 1. The Balaban J connectivity index is 1.60. The van der Waals surface area contributed by atoms with Crippen molar-refractivity contribution in [1.29, 1.82) is 0 Å². The first-order chi connectivity index (χ1) is 14.8. The first-order valence-corrected chi connectivity index (χ1v) is 10.4. The van der Waals surface area contributed by atoms with Crippen molar-refractivity contribution in [2.24, 2.45) is 0 Å². The number of aromatic amines is 1. The lowest BCUT2D eigenvalue weighted by Crippen LogP contribution is -2.23. The molecule has 0 bridgehead atoms. The van der Waals surface area contributed by atoms with E-state index in [2.05, 4.69) is 51.2 Å². The molecule has 0 aliphatic heterocycles. The van der Waals surface area contributed by atoms with Crippen LogP contribution in [0.4, 0.5) is 10.9 Å². The smallest absolute Gasteiger partial charge is 0.273 e. The van der Waals surface area contributed by atoms with E-state index < -0.39 is 0 Å². The molecular weight excluding hydrogens is 414 g/mol. The zero-order chi connectivity index (χ0) is 21.8. The van der Waals surface area contributed by atoms with Gasteiger partial charge in [-0.15, -0.1) is 10.2 Å². The molecule has 0 atom stereocenters. The average Bonchev–Trinajstić information content (AvgIpc) is 3.45. The SMILES string of the molecule is CC(C)(C)n1nc(-c2ccc3cc(C(=O)Nc4nncs4)[nH]c3c2)c2c(N)ncnc21. The second-order valence-corrected chi connectivity index (χ2v) is 8.91. The Hall–Kier alpha value is -3.86. The quantitative estimate of drug-likeness (QED) is 0.396. The highest BCUT2D eigenvalue weighted by Crippen LogP contribution is 2.34. The third kappa shape index (κ3) is 3.28. The van der Waals surface area contributed by atoms with Gasteiger partial charge >= 0.3 is 0 Å². The van der Waals surface area contributed by atoms with Crippen LogP contribution in [0.2, 0.25) is 0 Å². The fourth-order valence-corrected chi connectivity index (χ4v) is 3.87. The minimum atomic E-state index is -0.288. The highest BCUT2D eigenvalue weighted by Gasteiger charge is 2.24. The van der Waals surface area contributed by atoms with Gasteiger partial charge in [-0.1, -0.05) is 23.5 Å². The van der Waals surface area contributed by atoms with Gasteiger partial charge < -0.3 is 10.7 Å². The van der Waals surface area contributed by atoms with E-state index in [1.54, 1.807) is 11.6 Å². The number of nitrogens with zero attached hydrogens (tertiary/aromatic N) is 6. The standard InChI is InChI=1S/C20H19N9OS/c1-20(2,3)29-17-14(16(21)22-8-23-17)15(28-29)11-5-4-10-6-13(25-12(10)7-11)18(30)26-19-27-24-9-31-19/h4-9,25H,1-3H3,(H2,21,22,23)(H,26,27,30). The summed E-state index contributed by atoms with van der Waals surface area (Å²) >= 11 is 1.26. The molecule has 1 amide bonds. The van der Waals surface area contributed by atoms with Crippen molar-refractivity contribution in [3.63, 3.8) is 0 Å². The first kappa shape index (κ1) is 19.1. The van der Waals surface area contributed by atoms with E-state index >= 15 is 0 Å². The van der Waals surface area contributed by atoms with Crippen molar-refractivity contribution in [3.8, 4) is 11.3 Å². The third-order valence-corrected chi connectivity index (χ3v) is 5.46. The van der Waals surface area contributed by atoms with Gasteiger partial charge in [0.15, 0.2) is 5.65 Å². The van der Waals surface area contributed by atoms with Crippen molar-refractivity contribution < 1.29 is 4.79 Å². The van der Waals surface area contributed by atoms with Gasteiger partial charge in [-0.05, 0) is 32.9 Å². The van der Waals surface area contributed by atoms with E-state index in [1.807, 2.05) is 22.9 Å². The molecule has 156 valence electrons. The summed E-state index contributed by atoms with van der Waals surface area (Å²) in [7, 11) is 0. The fourth-order valence-electron chi connectivity index (χ4n) is 3.43. The minimum absolute atomic E-state index is 0.283. The maximum Gasteiger partial charge on any atom is 0.273 e. The fraction of sp³-hybridized carbons (Fsp3) is 0.200. The number of amides is 1. The van der Waals surface area contributed by atoms with Crippen LogP contribution < -0.4 is 11.1 Å². The number of carbonyl (C=O) groups is 1. The lowest BCUT2D eigenvalue weighted by atomic mass is 10.1. The minimum Gasteiger partial charge on any atom is -0.383 e. The lowest BCUT2D eigenvalue weighted by Gasteiger charge is -2.19. The molecule has 10 nitrogen and oxygen atoms in total. The second kappa shape index (κ2) is 6.84. The monoisotopic (exact) mass is 433 g/mol. The number of fused-ring (bicyclic) bond motifs is 2. The molecule has 0 unspecified atom stereocenters. The summed E-state index contributed by atoms with van der Waals surface area (Å²) in [4.78, 5) is 24.3. The number of nitrogens with one attached hydrogen (secondary N) is 2. The van der Waals surface area contributed by atoms with E-state index in [1.165, 1.54) is 17.7 Å². The molecule has 4 N–H and O–H groups in total. The maximum absolute atomic E-state index is 12.5. The molecule has 4 heterocycles. The molecule has 5 aromatic rings. The molecule has 0 spiro atoms. The number of nitrogens with two attached hydrogens (primary N) is 1. The second-order valence-electron chi connectivity index (χ2n) is 8.07. The number of anilines is 2. The molecule has 0 radical (unpaired) electrons. The summed E-state index contributed by atoms with van der Waals surface area (Å²) in [6, 6.07) is 7.62. The lowest BCUT2D eigenvalue weighted by molar-refractivity contribution is 0.102. The Labute approximate surface area is 180 Å². The van der Waals surface area contributed by atoms with E-state index in [0.29, 0.717) is 33.4 Å². The highest BCUT2D eigenvalue weighted by atomic mass is 32.1. The number of hydrogen-bond acceptors (Lipinski definition) is 8. The Bertz CT molecular complexity index is 1430. The van der Waals surface area contributed by atoms with Crippen LogP contribution in [0.3, 0.4) is 0 Å². The van der Waals surface area contributed by atoms with E-state index in [9.17, 15) is 4.79 Å². The molecule has 0 aliphatic rings. The average molecular weight is 434 g/mol. The largest absolute Gasteiger partial charge is 0.383 e. The van der Waals surface area contributed by atoms with Gasteiger partial charge in [0, 0.05) is 16.5 Å².